The van der Waals surface area contributed by atoms with Crippen molar-refractivity contribution in [2.45, 2.75) is 58.8 Å². The number of rotatable bonds is 9. The first-order chi connectivity index (χ1) is 7.77. The Morgan fingerprint density at radius 2 is 1.69 bits per heavy atom. The molecule has 92 valence electrons. The van der Waals surface area contributed by atoms with Crippen LogP contribution in [0.1, 0.15) is 58.8 Å². The molecule has 0 N–H and O–H groups in total. The summed E-state index contributed by atoms with van der Waals surface area (Å²) in [7, 11) is 0. The van der Waals surface area contributed by atoms with E-state index in [-0.39, 0.29) is 5.97 Å². The number of ether oxygens (including phenoxy) is 1. The molecule has 0 fully saturated rings. The number of unbranched alkanes of at least 4 members (excludes halogenated alkanes) is 5. The number of carbonyl (C=O) groups is 1. The van der Waals surface area contributed by atoms with Crippen molar-refractivity contribution >= 4 is 5.97 Å². The van der Waals surface area contributed by atoms with E-state index in [9.17, 15) is 4.79 Å². The number of esters is 1. The fourth-order valence-electron chi connectivity index (χ4n) is 1.33. The summed E-state index contributed by atoms with van der Waals surface area (Å²) in [5.41, 5.74) is 0. The predicted molar refractivity (Wildman–Crippen MR) is 68.0 cm³/mol. The molecule has 0 bridgehead atoms. The highest BCUT2D eigenvalue weighted by molar-refractivity contribution is 5.66. The molecule has 0 aliphatic heterocycles. The quantitative estimate of drug-likeness (QED) is 0.251. The van der Waals surface area contributed by atoms with Gasteiger partial charge in [-0.3, -0.25) is 4.79 Å². The molecular formula is C14H24O2. The topological polar surface area (TPSA) is 26.3 Å². The zero-order valence-electron chi connectivity index (χ0n) is 10.6. The molecule has 0 aliphatic rings. The van der Waals surface area contributed by atoms with Crippen LogP contribution in [0, 0.1) is 0 Å². The Kier molecular flexibility index (Phi) is 11.2. The number of allylic oxidation sites excluding steroid dienone is 3. The van der Waals surface area contributed by atoms with Gasteiger partial charge in [0, 0.05) is 6.92 Å². The fourth-order valence-corrected chi connectivity index (χ4v) is 1.33. The molecule has 0 saturated carbocycles. The van der Waals surface area contributed by atoms with E-state index in [0.717, 1.165) is 12.8 Å². The lowest BCUT2D eigenvalue weighted by Crippen LogP contribution is -1.88. The summed E-state index contributed by atoms with van der Waals surface area (Å²) in [6.07, 6.45) is 16.2. The molecule has 0 aromatic heterocycles. The highest BCUT2D eigenvalue weighted by atomic mass is 16.5. The molecule has 0 aromatic rings. The van der Waals surface area contributed by atoms with Crippen LogP contribution in [0.5, 0.6) is 0 Å². The number of carbonyl (C=O) groups excluding carboxylic acids is 1. The minimum absolute atomic E-state index is 0.261. The average Bonchev–Trinajstić information content (AvgIpc) is 2.25. The molecule has 0 atom stereocenters. The van der Waals surface area contributed by atoms with Crippen molar-refractivity contribution in [1.29, 1.82) is 0 Å². The van der Waals surface area contributed by atoms with E-state index in [1.165, 1.54) is 45.3 Å². The summed E-state index contributed by atoms with van der Waals surface area (Å²) < 4.78 is 4.67. The van der Waals surface area contributed by atoms with Crippen molar-refractivity contribution in [1.82, 2.24) is 0 Å². The molecule has 0 saturated heterocycles. The first kappa shape index (κ1) is 14.9. The maximum atomic E-state index is 10.4. The Morgan fingerprint density at radius 1 is 1.00 bits per heavy atom. The van der Waals surface area contributed by atoms with Crippen molar-refractivity contribution in [3.05, 3.63) is 24.5 Å². The second kappa shape index (κ2) is 12.0. The highest BCUT2D eigenvalue weighted by Crippen LogP contribution is 2.03. The normalized spacial score (nSPS) is 11.4. The Bertz CT molecular complexity index is 217. The van der Waals surface area contributed by atoms with Gasteiger partial charge in [0.15, 0.2) is 0 Å². The van der Waals surface area contributed by atoms with Gasteiger partial charge >= 0.3 is 5.97 Å². The van der Waals surface area contributed by atoms with Crippen LogP contribution in [0.15, 0.2) is 24.5 Å². The third-order valence-electron chi connectivity index (χ3n) is 2.22. The molecule has 0 radical (unpaired) electrons. The van der Waals surface area contributed by atoms with Gasteiger partial charge in [-0.2, -0.15) is 0 Å². The van der Waals surface area contributed by atoms with Crippen LogP contribution in [-0.2, 0) is 9.53 Å². The van der Waals surface area contributed by atoms with Crippen molar-refractivity contribution < 1.29 is 9.53 Å². The third-order valence-corrected chi connectivity index (χ3v) is 2.22. The second-order valence-corrected chi connectivity index (χ2v) is 3.88. The lowest BCUT2D eigenvalue weighted by Gasteiger charge is -1.94. The predicted octanol–water partition coefficient (Wildman–Crippen LogP) is 4.37. The summed E-state index contributed by atoms with van der Waals surface area (Å²) in [6.45, 7) is 3.63. The van der Waals surface area contributed by atoms with Crippen LogP contribution in [-0.4, -0.2) is 5.97 Å². The molecule has 16 heavy (non-hydrogen) atoms. The smallest absolute Gasteiger partial charge is 0.307 e. The monoisotopic (exact) mass is 224 g/mol. The molecule has 0 aromatic carbocycles. The van der Waals surface area contributed by atoms with E-state index in [0.29, 0.717) is 0 Å². The minimum Gasteiger partial charge on any atom is -0.435 e. The van der Waals surface area contributed by atoms with Gasteiger partial charge in [0.1, 0.15) is 0 Å². The van der Waals surface area contributed by atoms with Crippen LogP contribution in [0.3, 0.4) is 0 Å². The van der Waals surface area contributed by atoms with Crippen LogP contribution in [0.4, 0.5) is 0 Å². The Hall–Kier alpha value is -1.05. The van der Waals surface area contributed by atoms with Gasteiger partial charge in [0.2, 0.25) is 0 Å². The lowest BCUT2D eigenvalue weighted by atomic mass is 10.1. The molecular weight excluding hydrogens is 200 g/mol. The third kappa shape index (κ3) is 12.9. The van der Waals surface area contributed by atoms with Gasteiger partial charge in [-0.15, -0.1) is 0 Å². The standard InChI is InChI=1S/C14H24O2/c1-3-4-5-6-7-8-9-10-11-12-13-16-14(2)15/h8-9,12-13H,3-7,10-11H2,1-2H3. The molecule has 0 unspecified atom stereocenters. The summed E-state index contributed by atoms with van der Waals surface area (Å²) >= 11 is 0. The Labute approximate surface area is 99.4 Å². The minimum atomic E-state index is -0.261. The molecule has 0 heterocycles. The van der Waals surface area contributed by atoms with Gasteiger partial charge in [-0.25, -0.2) is 0 Å². The van der Waals surface area contributed by atoms with Crippen LogP contribution < -0.4 is 0 Å². The van der Waals surface area contributed by atoms with Gasteiger partial charge < -0.3 is 4.74 Å². The van der Waals surface area contributed by atoms with E-state index in [2.05, 4.69) is 23.8 Å². The van der Waals surface area contributed by atoms with Gasteiger partial charge in [0.25, 0.3) is 0 Å². The van der Waals surface area contributed by atoms with Crippen LogP contribution in [0.2, 0.25) is 0 Å². The Morgan fingerprint density at radius 3 is 2.38 bits per heavy atom. The van der Waals surface area contributed by atoms with Crippen LogP contribution in [0.25, 0.3) is 0 Å². The van der Waals surface area contributed by atoms with Gasteiger partial charge in [-0.05, 0) is 31.8 Å². The first-order valence-corrected chi connectivity index (χ1v) is 6.24. The molecule has 0 aliphatic carbocycles. The molecule has 0 rings (SSSR count). The van der Waals surface area contributed by atoms with Crippen molar-refractivity contribution in [3.63, 3.8) is 0 Å². The second-order valence-electron chi connectivity index (χ2n) is 3.88. The number of hydrogen-bond acceptors (Lipinski definition) is 2. The average molecular weight is 224 g/mol. The zero-order valence-corrected chi connectivity index (χ0v) is 10.6. The SMILES string of the molecule is CCCCCCC=CCCC=COC(C)=O. The van der Waals surface area contributed by atoms with E-state index in [1.807, 2.05) is 6.08 Å². The van der Waals surface area contributed by atoms with Crippen molar-refractivity contribution in [2.75, 3.05) is 0 Å². The summed E-state index contributed by atoms with van der Waals surface area (Å²) in [5.74, 6) is -0.261. The van der Waals surface area contributed by atoms with E-state index in [1.54, 1.807) is 0 Å². The fraction of sp³-hybridized carbons (Fsp3) is 0.643. The molecule has 0 amide bonds. The van der Waals surface area contributed by atoms with E-state index in [4.69, 9.17) is 0 Å². The Balaban J connectivity index is 3.21. The van der Waals surface area contributed by atoms with Gasteiger partial charge in [0.05, 0.1) is 6.26 Å². The van der Waals surface area contributed by atoms with Crippen molar-refractivity contribution in [2.24, 2.45) is 0 Å². The number of hydrogen-bond donors (Lipinski definition) is 0. The van der Waals surface area contributed by atoms with Crippen molar-refractivity contribution in [3.8, 4) is 0 Å². The molecule has 2 heteroatoms. The van der Waals surface area contributed by atoms with Crippen LogP contribution >= 0.6 is 0 Å². The maximum absolute atomic E-state index is 10.4. The highest BCUT2D eigenvalue weighted by Gasteiger charge is 1.85. The maximum Gasteiger partial charge on any atom is 0.307 e. The van der Waals surface area contributed by atoms with E-state index < -0.39 is 0 Å². The summed E-state index contributed by atoms with van der Waals surface area (Å²) in [5, 5.41) is 0. The summed E-state index contributed by atoms with van der Waals surface area (Å²) in [6, 6.07) is 0. The lowest BCUT2D eigenvalue weighted by molar-refractivity contribution is -0.135. The van der Waals surface area contributed by atoms with Gasteiger partial charge in [-0.1, -0.05) is 38.3 Å². The largest absolute Gasteiger partial charge is 0.435 e. The van der Waals surface area contributed by atoms with E-state index >= 15 is 0 Å². The zero-order chi connectivity index (χ0) is 12.1. The summed E-state index contributed by atoms with van der Waals surface area (Å²) in [4.78, 5) is 10.4. The molecule has 2 nitrogen and oxygen atoms in total. The first-order valence-electron chi connectivity index (χ1n) is 6.24. The molecule has 0 spiro atoms.